The van der Waals surface area contributed by atoms with E-state index in [9.17, 15) is 0 Å². The van der Waals surface area contributed by atoms with Gasteiger partial charge >= 0.3 is 0 Å². The predicted octanol–water partition coefficient (Wildman–Crippen LogP) is 7.73. The van der Waals surface area contributed by atoms with Gasteiger partial charge in [-0.2, -0.15) is 0 Å². The Balaban J connectivity index is 2.03. The van der Waals surface area contributed by atoms with Gasteiger partial charge < -0.3 is 4.57 Å². The Labute approximate surface area is 181 Å². The van der Waals surface area contributed by atoms with Gasteiger partial charge in [0.1, 0.15) is 0 Å². The summed E-state index contributed by atoms with van der Waals surface area (Å²) in [6.07, 6.45) is 0. The van der Waals surface area contributed by atoms with Gasteiger partial charge in [-0.3, -0.25) is 0 Å². The van der Waals surface area contributed by atoms with Crippen molar-refractivity contribution in [1.82, 2.24) is 0 Å². The van der Waals surface area contributed by atoms with Gasteiger partial charge in [0.15, 0.2) is 7.14 Å². The second-order valence-electron chi connectivity index (χ2n) is 10.6. The number of fused-ring (bicyclic) bond motifs is 3. The van der Waals surface area contributed by atoms with E-state index in [4.69, 9.17) is 0 Å². The molecular weight excluding hydrogens is 415 g/mol. The molecule has 0 N–H and O–H groups in total. The zero-order valence-corrected chi connectivity index (χ0v) is 21.6. The smallest absolute Gasteiger partial charge is 0.157 e. The summed E-state index contributed by atoms with van der Waals surface area (Å²) in [6, 6.07) is 23.6. The third kappa shape index (κ3) is 2.55. The third-order valence-electron chi connectivity index (χ3n) is 6.34. The van der Waals surface area contributed by atoms with E-state index in [1.165, 1.54) is 42.9 Å². The molecule has 0 unspecified atom stereocenters. The van der Waals surface area contributed by atoms with E-state index >= 15 is 4.57 Å². The van der Waals surface area contributed by atoms with E-state index in [0.29, 0.717) is 0 Å². The second kappa shape index (κ2) is 6.29. The summed E-state index contributed by atoms with van der Waals surface area (Å²) in [5, 5.41) is 3.67. The third-order valence-corrected chi connectivity index (χ3v) is 18.3. The van der Waals surface area contributed by atoms with E-state index in [1.807, 2.05) is 6.07 Å². The summed E-state index contributed by atoms with van der Waals surface area (Å²) in [6.45, 7) is 14.2. The highest BCUT2D eigenvalue weighted by Gasteiger charge is 2.54. The zero-order valence-electron chi connectivity index (χ0n) is 18.7. The van der Waals surface area contributed by atoms with Crippen molar-refractivity contribution in [2.45, 2.75) is 39.3 Å². The number of hydrogen-bond acceptors (Lipinski definition) is 1. The van der Waals surface area contributed by atoms with Gasteiger partial charge in [-0.05, 0) is 42.9 Å². The lowest BCUT2D eigenvalue weighted by molar-refractivity contribution is 0.591. The van der Waals surface area contributed by atoms with E-state index in [0.717, 1.165) is 5.30 Å². The van der Waals surface area contributed by atoms with Crippen LogP contribution in [-0.2, 0) is 4.57 Å². The van der Waals surface area contributed by atoms with Gasteiger partial charge in [0, 0.05) is 5.30 Å². The Morgan fingerprint density at radius 1 is 0.600 bits per heavy atom. The summed E-state index contributed by atoms with van der Waals surface area (Å²) >= 11 is 0. The molecular formula is C26H29OPSi2. The van der Waals surface area contributed by atoms with Crippen LogP contribution in [-0.4, -0.2) is 16.1 Å². The van der Waals surface area contributed by atoms with Crippen molar-refractivity contribution in [1.29, 1.82) is 0 Å². The number of benzene rings is 3. The highest BCUT2D eigenvalue weighted by Crippen LogP contribution is 2.75. The van der Waals surface area contributed by atoms with E-state index < -0.39 is 23.3 Å². The largest absolute Gasteiger partial charge is 0.310 e. The van der Waals surface area contributed by atoms with Crippen molar-refractivity contribution in [3.8, 4) is 0 Å². The minimum Gasteiger partial charge on any atom is -0.310 e. The topological polar surface area (TPSA) is 17.1 Å². The molecule has 0 fully saturated rings. The zero-order chi connectivity index (χ0) is 21.5. The Morgan fingerprint density at radius 3 is 1.50 bits per heavy atom. The van der Waals surface area contributed by atoms with E-state index in [2.05, 4.69) is 99.9 Å². The summed E-state index contributed by atoms with van der Waals surface area (Å²) in [7, 11) is -6.66. The summed E-state index contributed by atoms with van der Waals surface area (Å²) in [5.74, 6) is 0. The molecule has 0 saturated carbocycles. The predicted molar refractivity (Wildman–Crippen MR) is 138 cm³/mol. The van der Waals surface area contributed by atoms with Crippen molar-refractivity contribution in [3.63, 3.8) is 0 Å². The SMILES string of the molecule is C[Si](C)(C)C1=C2C(=C([Si](C)(C)C)P1(=O)c1ccccc1)c1cccc3cccc2c13. The van der Waals surface area contributed by atoms with Gasteiger partial charge in [-0.15, -0.1) is 0 Å². The number of rotatable bonds is 3. The van der Waals surface area contributed by atoms with Crippen LogP contribution in [0, 0.1) is 0 Å². The first-order chi connectivity index (χ1) is 14.1. The Bertz CT molecular complexity index is 1240. The molecule has 0 spiro atoms. The first-order valence-electron chi connectivity index (χ1n) is 10.8. The molecule has 3 aromatic rings. The summed E-state index contributed by atoms with van der Waals surface area (Å²) < 4.78 is 15.5. The van der Waals surface area contributed by atoms with Crippen molar-refractivity contribution < 1.29 is 4.57 Å². The van der Waals surface area contributed by atoms with Crippen LogP contribution in [0.2, 0.25) is 39.3 Å². The average molecular weight is 445 g/mol. The monoisotopic (exact) mass is 444 g/mol. The molecule has 30 heavy (non-hydrogen) atoms. The fourth-order valence-corrected chi connectivity index (χ4v) is 19.3. The van der Waals surface area contributed by atoms with Crippen molar-refractivity contribution in [3.05, 3.63) is 87.7 Å². The molecule has 0 radical (unpaired) electrons. The molecule has 1 aliphatic heterocycles. The molecule has 152 valence electrons. The lowest BCUT2D eigenvalue weighted by Gasteiger charge is -2.33. The van der Waals surface area contributed by atoms with Crippen LogP contribution >= 0.6 is 7.14 Å². The van der Waals surface area contributed by atoms with Crippen LogP contribution in [0.5, 0.6) is 0 Å². The molecule has 1 aliphatic carbocycles. The maximum absolute atomic E-state index is 15.5. The van der Waals surface area contributed by atoms with Crippen LogP contribution in [0.4, 0.5) is 0 Å². The van der Waals surface area contributed by atoms with Gasteiger partial charge in [0.25, 0.3) is 0 Å². The minimum atomic E-state index is -2.84. The molecule has 2 aliphatic rings. The van der Waals surface area contributed by atoms with Gasteiger partial charge in [0.2, 0.25) is 0 Å². The highest BCUT2D eigenvalue weighted by atomic mass is 31.2. The number of hydrogen-bond donors (Lipinski definition) is 0. The Morgan fingerprint density at radius 2 is 1.07 bits per heavy atom. The average Bonchev–Trinajstić information content (AvgIpc) is 3.14. The molecule has 0 atom stereocenters. The van der Waals surface area contributed by atoms with E-state index in [1.54, 1.807) is 0 Å². The van der Waals surface area contributed by atoms with Crippen molar-refractivity contribution >= 4 is 50.5 Å². The maximum atomic E-state index is 15.5. The molecule has 1 nitrogen and oxygen atoms in total. The lowest BCUT2D eigenvalue weighted by atomic mass is 10.0. The Kier molecular flexibility index (Phi) is 4.19. The fraction of sp³-hybridized carbons (Fsp3) is 0.231. The van der Waals surface area contributed by atoms with Crippen molar-refractivity contribution in [2.24, 2.45) is 0 Å². The van der Waals surface area contributed by atoms with E-state index in [-0.39, 0.29) is 0 Å². The van der Waals surface area contributed by atoms with Crippen LogP contribution in [0.1, 0.15) is 11.1 Å². The quantitative estimate of drug-likeness (QED) is 0.298. The highest BCUT2D eigenvalue weighted by molar-refractivity contribution is 7.86. The van der Waals surface area contributed by atoms with Gasteiger partial charge in [-0.1, -0.05) is 106 Å². The Hall–Kier alpha value is -1.94. The standard InChI is InChI=1S/C26H29OPSi2/c1-29(2,3)25-23-20-16-10-12-18-13-11-17-21(22(18)20)24(23)26(30(4,5)6)28(25,27)19-14-8-7-9-15-19/h7-17H,1-6H3. The van der Waals surface area contributed by atoms with Crippen LogP contribution < -0.4 is 5.30 Å². The molecule has 0 amide bonds. The molecule has 0 saturated heterocycles. The second-order valence-corrected chi connectivity index (χ2v) is 24.1. The van der Waals surface area contributed by atoms with Gasteiger partial charge in [-0.25, -0.2) is 0 Å². The van der Waals surface area contributed by atoms with Crippen LogP contribution in [0.25, 0.3) is 21.9 Å². The van der Waals surface area contributed by atoms with Gasteiger partial charge in [0.05, 0.1) is 16.1 Å². The van der Waals surface area contributed by atoms with Crippen LogP contribution in [0.3, 0.4) is 0 Å². The minimum absolute atomic E-state index is 1.03. The maximum Gasteiger partial charge on any atom is 0.157 e. The molecule has 0 aromatic heterocycles. The molecule has 1 heterocycles. The van der Waals surface area contributed by atoms with Crippen molar-refractivity contribution in [2.75, 3.05) is 0 Å². The number of allylic oxidation sites excluding steroid dienone is 2. The lowest BCUT2D eigenvalue weighted by Crippen LogP contribution is -2.31. The summed E-state index contributed by atoms with van der Waals surface area (Å²) in [5.41, 5.74) is 5.26. The van der Waals surface area contributed by atoms with Crippen LogP contribution in [0.15, 0.2) is 76.6 Å². The molecule has 5 rings (SSSR count). The first-order valence-corrected chi connectivity index (χ1v) is 19.5. The molecule has 0 bridgehead atoms. The normalized spacial score (nSPS) is 17.8. The molecule has 3 aromatic carbocycles. The first kappa shape index (κ1) is 20.0. The summed E-state index contributed by atoms with van der Waals surface area (Å²) in [4.78, 5) is 2.58. The fourth-order valence-electron chi connectivity index (χ4n) is 5.54. The molecule has 4 heteroatoms.